The van der Waals surface area contributed by atoms with Crippen molar-refractivity contribution in [3.8, 4) is 0 Å². The van der Waals surface area contributed by atoms with Gasteiger partial charge in [0.25, 0.3) is 0 Å². The molecule has 2 aliphatic rings. The normalized spacial score (nSPS) is 18.8. The molecule has 0 radical (unpaired) electrons. The van der Waals surface area contributed by atoms with E-state index in [-0.39, 0.29) is 11.9 Å². The summed E-state index contributed by atoms with van der Waals surface area (Å²) in [6.07, 6.45) is 9.25. The maximum absolute atomic E-state index is 13.1. The van der Waals surface area contributed by atoms with Gasteiger partial charge in [-0.1, -0.05) is 0 Å². The van der Waals surface area contributed by atoms with Crippen LogP contribution in [0.2, 0.25) is 0 Å². The van der Waals surface area contributed by atoms with Gasteiger partial charge >= 0.3 is 0 Å². The van der Waals surface area contributed by atoms with Gasteiger partial charge in [-0.15, -0.1) is 22.7 Å². The molecule has 0 unspecified atom stereocenters. The fraction of sp³-hybridized carbons (Fsp3) is 0.421. The predicted octanol–water partition coefficient (Wildman–Crippen LogP) is 3.52. The lowest BCUT2D eigenvalue weighted by molar-refractivity contribution is -0.133. The number of hydrogen-bond acceptors (Lipinski definition) is 5. The molecule has 26 heavy (non-hydrogen) atoms. The molecular formula is C19H20N4OS2. The molecule has 0 aromatic carbocycles. The summed E-state index contributed by atoms with van der Waals surface area (Å²) in [4.78, 5) is 30.0. The quantitative estimate of drug-likeness (QED) is 0.749. The third-order valence-electron chi connectivity index (χ3n) is 5.32. The van der Waals surface area contributed by atoms with Gasteiger partial charge < -0.3 is 9.88 Å². The minimum absolute atomic E-state index is 0.0376. The first-order valence-corrected chi connectivity index (χ1v) is 10.8. The van der Waals surface area contributed by atoms with Crippen LogP contribution < -0.4 is 0 Å². The second-order valence-corrected chi connectivity index (χ2v) is 9.03. The number of aryl methyl sites for hydroxylation is 3. The second-order valence-electron chi connectivity index (χ2n) is 6.88. The van der Waals surface area contributed by atoms with Gasteiger partial charge in [0, 0.05) is 52.8 Å². The molecule has 1 aliphatic carbocycles. The fourth-order valence-corrected chi connectivity index (χ4v) is 6.05. The molecule has 134 valence electrons. The van der Waals surface area contributed by atoms with E-state index in [2.05, 4.69) is 21.0 Å². The van der Waals surface area contributed by atoms with Crippen LogP contribution in [0.3, 0.4) is 0 Å². The summed E-state index contributed by atoms with van der Waals surface area (Å²) in [5.41, 5.74) is 3.68. The van der Waals surface area contributed by atoms with Gasteiger partial charge in [0.1, 0.15) is 6.04 Å². The Morgan fingerprint density at radius 1 is 1.31 bits per heavy atom. The SMILES string of the molecule is O=C(CCc1nccs1)N1CCc2[nH]cnc2[C@H]1c1cc2c(s1)CCC2. The van der Waals surface area contributed by atoms with Crippen LogP contribution in [0, 0.1) is 0 Å². The highest BCUT2D eigenvalue weighted by molar-refractivity contribution is 7.12. The molecule has 1 aliphatic heterocycles. The first kappa shape index (κ1) is 16.2. The number of imidazole rings is 1. The molecule has 0 saturated carbocycles. The lowest BCUT2D eigenvalue weighted by atomic mass is 10.00. The molecule has 0 saturated heterocycles. The summed E-state index contributed by atoms with van der Waals surface area (Å²) in [5.74, 6) is 0.201. The molecule has 0 bridgehead atoms. The van der Waals surface area contributed by atoms with Gasteiger partial charge in [0.2, 0.25) is 5.91 Å². The van der Waals surface area contributed by atoms with E-state index < -0.39 is 0 Å². The summed E-state index contributed by atoms with van der Waals surface area (Å²) in [7, 11) is 0. The molecular weight excluding hydrogens is 364 g/mol. The molecule has 4 heterocycles. The molecule has 1 N–H and O–H groups in total. The zero-order valence-electron chi connectivity index (χ0n) is 14.4. The Morgan fingerprint density at radius 2 is 2.27 bits per heavy atom. The van der Waals surface area contributed by atoms with Gasteiger partial charge in [-0.2, -0.15) is 0 Å². The first-order chi connectivity index (χ1) is 12.8. The number of carbonyl (C=O) groups excluding carboxylic acids is 1. The molecule has 7 heteroatoms. The van der Waals surface area contributed by atoms with Crippen LogP contribution in [-0.4, -0.2) is 32.3 Å². The summed E-state index contributed by atoms with van der Waals surface area (Å²) in [6.45, 7) is 0.749. The first-order valence-electron chi connectivity index (χ1n) is 9.11. The number of carbonyl (C=O) groups is 1. The van der Waals surface area contributed by atoms with Crippen molar-refractivity contribution in [3.63, 3.8) is 0 Å². The van der Waals surface area contributed by atoms with Gasteiger partial charge in [-0.05, 0) is 30.9 Å². The van der Waals surface area contributed by atoms with Crippen LogP contribution in [0.4, 0.5) is 0 Å². The average molecular weight is 385 g/mol. The Labute approximate surface area is 160 Å². The number of aromatic nitrogens is 3. The maximum atomic E-state index is 13.1. The van der Waals surface area contributed by atoms with E-state index in [1.54, 1.807) is 23.9 Å². The van der Waals surface area contributed by atoms with Crippen molar-refractivity contribution in [2.24, 2.45) is 0 Å². The highest BCUT2D eigenvalue weighted by Crippen LogP contribution is 2.41. The van der Waals surface area contributed by atoms with Crippen molar-refractivity contribution in [1.82, 2.24) is 19.9 Å². The predicted molar refractivity (Wildman–Crippen MR) is 103 cm³/mol. The van der Waals surface area contributed by atoms with Crippen LogP contribution in [0.25, 0.3) is 0 Å². The molecule has 1 atom stereocenters. The average Bonchev–Trinajstić information content (AvgIpc) is 3.42. The second kappa shape index (κ2) is 6.63. The Balaban J connectivity index is 1.44. The van der Waals surface area contributed by atoms with Crippen molar-refractivity contribution in [3.05, 3.63) is 55.7 Å². The molecule has 5 rings (SSSR count). The number of amides is 1. The minimum atomic E-state index is -0.0376. The number of hydrogen-bond donors (Lipinski definition) is 1. The molecule has 1 amide bonds. The van der Waals surface area contributed by atoms with Gasteiger partial charge in [0.15, 0.2) is 0 Å². The van der Waals surface area contributed by atoms with Crippen LogP contribution in [0.15, 0.2) is 24.0 Å². The van der Waals surface area contributed by atoms with E-state index in [1.807, 2.05) is 21.6 Å². The van der Waals surface area contributed by atoms with E-state index >= 15 is 0 Å². The Hall–Kier alpha value is -1.99. The number of thiazole rings is 1. The van der Waals surface area contributed by atoms with Crippen molar-refractivity contribution >= 4 is 28.6 Å². The van der Waals surface area contributed by atoms with E-state index in [0.717, 1.165) is 23.7 Å². The molecule has 3 aromatic rings. The Kier molecular flexibility index (Phi) is 4.13. The third-order valence-corrected chi connectivity index (χ3v) is 7.45. The number of nitrogens with one attached hydrogen (secondary N) is 1. The van der Waals surface area contributed by atoms with Crippen LogP contribution in [-0.2, 0) is 30.5 Å². The topological polar surface area (TPSA) is 61.9 Å². The Morgan fingerprint density at radius 3 is 3.12 bits per heavy atom. The standard InChI is InChI=1S/C19H20N4OS2/c24-17(5-4-16-20-7-9-25-16)23-8-6-13-18(22-11-21-13)19(23)15-10-12-2-1-3-14(12)26-15/h7,9-11,19H,1-6,8H2,(H,21,22)/t19-/m1/s1. The monoisotopic (exact) mass is 384 g/mol. The van der Waals surface area contributed by atoms with Gasteiger partial charge in [-0.25, -0.2) is 9.97 Å². The maximum Gasteiger partial charge on any atom is 0.223 e. The largest absolute Gasteiger partial charge is 0.348 e. The highest BCUT2D eigenvalue weighted by Gasteiger charge is 2.35. The lowest BCUT2D eigenvalue weighted by Crippen LogP contribution is -2.40. The molecule has 0 spiro atoms. The van der Waals surface area contributed by atoms with Crippen molar-refractivity contribution in [2.75, 3.05) is 6.54 Å². The zero-order valence-corrected chi connectivity index (χ0v) is 16.0. The van der Waals surface area contributed by atoms with Crippen molar-refractivity contribution in [2.45, 2.75) is 44.6 Å². The molecule has 0 fully saturated rings. The van der Waals surface area contributed by atoms with Crippen LogP contribution in [0.1, 0.15) is 50.6 Å². The summed E-state index contributed by atoms with van der Waals surface area (Å²) >= 11 is 3.49. The summed E-state index contributed by atoms with van der Waals surface area (Å²) in [5, 5.41) is 3.00. The number of nitrogens with zero attached hydrogens (tertiary/aromatic N) is 3. The number of aromatic amines is 1. The smallest absolute Gasteiger partial charge is 0.223 e. The van der Waals surface area contributed by atoms with Gasteiger partial charge in [0.05, 0.1) is 17.0 Å². The number of rotatable bonds is 4. The summed E-state index contributed by atoms with van der Waals surface area (Å²) < 4.78 is 0. The zero-order chi connectivity index (χ0) is 17.5. The van der Waals surface area contributed by atoms with E-state index in [4.69, 9.17) is 0 Å². The lowest BCUT2D eigenvalue weighted by Gasteiger charge is -2.34. The minimum Gasteiger partial charge on any atom is -0.348 e. The Bertz CT molecular complexity index is 906. The van der Waals surface area contributed by atoms with Crippen molar-refractivity contribution < 1.29 is 4.79 Å². The van der Waals surface area contributed by atoms with Crippen molar-refractivity contribution in [1.29, 1.82) is 0 Å². The number of thiophene rings is 1. The number of H-pyrrole nitrogens is 1. The molecule has 5 nitrogen and oxygen atoms in total. The fourth-order valence-electron chi connectivity index (χ4n) is 4.05. The van der Waals surface area contributed by atoms with Crippen LogP contribution >= 0.6 is 22.7 Å². The molecule has 3 aromatic heterocycles. The highest BCUT2D eigenvalue weighted by atomic mass is 32.1. The third kappa shape index (κ3) is 2.79. The van der Waals surface area contributed by atoms with Crippen LogP contribution in [0.5, 0.6) is 0 Å². The summed E-state index contributed by atoms with van der Waals surface area (Å²) in [6, 6.07) is 2.28. The van der Waals surface area contributed by atoms with E-state index in [0.29, 0.717) is 12.8 Å². The number of fused-ring (bicyclic) bond motifs is 2. The van der Waals surface area contributed by atoms with E-state index in [1.165, 1.54) is 40.3 Å². The van der Waals surface area contributed by atoms with E-state index in [9.17, 15) is 4.79 Å². The van der Waals surface area contributed by atoms with Gasteiger partial charge in [-0.3, -0.25) is 4.79 Å².